The molecule has 7 nitrogen and oxygen atoms in total. The topological polar surface area (TPSA) is 76.2 Å². The van der Waals surface area contributed by atoms with Crippen LogP contribution in [0.1, 0.15) is 19.8 Å². The van der Waals surface area contributed by atoms with Crippen LogP contribution < -0.4 is 0 Å². The fourth-order valence-electron chi connectivity index (χ4n) is 3.32. The fraction of sp³-hybridized carbons (Fsp3) is 0.611. The Morgan fingerprint density at radius 3 is 2.64 bits per heavy atom. The van der Waals surface area contributed by atoms with Crippen LogP contribution in [0.5, 0.6) is 0 Å². The van der Waals surface area contributed by atoms with E-state index in [1.54, 1.807) is 11.8 Å². The largest absolute Gasteiger partial charge is 0.376 e. The first kappa shape index (κ1) is 21.8. The van der Waals surface area contributed by atoms with Gasteiger partial charge in [0.25, 0.3) is 5.91 Å². The first-order valence-corrected chi connectivity index (χ1v) is 11.5. The molecule has 0 spiro atoms. The maximum atomic E-state index is 12.9. The average molecular weight is 451 g/mol. The number of carbonyl (C=O) groups excluding carboxylic acids is 1. The molecule has 0 aliphatic carbocycles. The number of hydrogen-bond acceptors (Lipinski definition) is 5. The Morgan fingerprint density at radius 2 is 2.00 bits per heavy atom. The number of piperazine rings is 1. The minimum atomic E-state index is -3.77. The number of carbonyl (C=O) groups is 1. The summed E-state index contributed by atoms with van der Waals surface area (Å²) in [6.45, 7) is 3.82. The lowest BCUT2D eigenvalue weighted by Gasteiger charge is -2.35. The minimum Gasteiger partial charge on any atom is -0.376 e. The molecule has 2 heterocycles. The predicted molar refractivity (Wildman–Crippen MR) is 106 cm³/mol. The first-order chi connectivity index (χ1) is 13.3. The third kappa shape index (κ3) is 4.98. The number of hydrogen-bond donors (Lipinski definition) is 0. The molecule has 10 heteroatoms. The van der Waals surface area contributed by atoms with E-state index in [-0.39, 0.29) is 35.0 Å². The van der Waals surface area contributed by atoms with Crippen molar-refractivity contribution in [2.24, 2.45) is 0 Å². The Kier molecular flexibility index (Phi) is 7.22. The van der Waals surface area contributed by atoms with Gasteiger partial charge in [-0.1, -0.05) is 23.2 Å². The van der Waals surface area contributed by atoms with E-state index in [1.807, 2.05) is 0 Å². The molecule has 1 aromatic carbocycles. The van der Waals surface area contributed by atoms with Crippen LogP contribution in [-0.4, -0.2) is 75.1 Å². The van der Waals surface area contributed by atoms with Crippen LogP contribution in [0, 0.1) is 0 Å². The summed E-state index contributed by atoms with van der Waals surface area (Å²) in [5.74, 6) is -0.143. The summed E-state index contributed by atoms with van der Waals surface area (Å²) in [6, 6.07) is 4.35. The van der Waals surface area contributed by atoms with E-state index in [1.165, 1.54) is 22.5 Å². The number of rotatable bonds is 6. The van der Waals surface area contributed by atoms with Crippen LogP contribution in [0.25, 0.3) is 0 Å². The molecule has 0 saturated carbocycles. The highest BCUT2D eigenvalue weighted by molar-refractivity contribution is 7.89. The predicted octanol–water partition coefficient (Wildman–Crippen LogP) is 2.41. The summed E-state index contributed by atoms with van der Waals surface area (Å²) in [6.07, 6.45) is 1.43. The molecule has 0 N–H and O–H groups in total. The molecule has 2 unspecified atom stereocenters. The number of ether oxygens (including phenoxy) is 2. The van der Waals surface area contributed by atoms with Gasteiger partial charge in [0.05, 0.1) is 17.7 Å². The van der Waals surface area contributed by atoms with Gasteiger partial charge in [-0.25, -0.2) is 8.42 Å². The molecule has 2 aliphatic rings. The molecule has 3 rings (SSSR count). The molecule has 2 saturated heterocycles. The molecule has 0 radical (unpaired) electrons. The van der Waals surface area contributed by atoms with E-state index in [9.17, 15) is 13.2 Å². The molecule has 28 heavy (non-hydrogen) atoms. The Labute approximate surface area is 175 Å². The lowest BCUT2D eigenvalue weighted by Crippen LogP contribution is -2.52. The Balaban J connectivity index is 1.55. The standard InChI is InChI=1S/C18H24Cl2N2O5S/c1-13(27-12-15-3-2-10-26-15)18(23)21-6-8-22(9-7-21)28(24,25)17-11-14(19)4-5-16(17)20/h4-5,11,13,15H,2-3,6-10,12H2,1H3. The highest BCUT2D eigenvalue weighted by atomic mass is 35.5. The summed E-state index contributed by atoms with van der Waals surface area (Å²) in [7, 11) is -3.77. The Hall–Kier alpha value is -0.900. The summed E-state index contributed by atoms with van der Waals surface area (Å²) < 4.78 is 38.2. The molecule has 2 fully saturated rings. The first-order valence-electron chi connectivity index (χ1n) is 9.26. The van der Waals surface area contributed by atoms with E-state index in [0.29, 0.717) is 24.7 Å². The van der Waals surface area contributed by atoms with Gasteiger partial charge in [0.15, 0.2) is 0 Å². The molecule has 156 valence electrons. The zero-order valence-electron chi connectivity index (χ0n) is 15.6. The van der Waals surface area contributed by atoms with Gasteiger partial charge in [-0.05, 0) is 38.0 Å². The summed E-state index contributed by atoms with van der Waals surface area (Å²) in [5.41, 5.74) is 0. The minimum absolute atomic E-state index is 0.0188. The van der Waals surface area contributed by atoms with Gasteiger partial charge in [0.1, 0.15) is 11.0 Å². The Bertz CT molecular complexity index is 806. The second kappa shape index (κ2) is 9.28. The Morgan fingerprint density at radius 1 is 1.29 bits per heavy atom. The number of nitrogens with zero attached hydrogens (tertiary/aromatic N) is 2. The van der Waals surface area contributed by atoms with Crippen molar-refractivity contribution in [2.45, 2.75) is 36.9 Å². The lowest BCUT2D eigenvalue weighted by molar-refractivity contribution is -0.145. The lowest BCUT2D eigenvalue weighted by atomic mass is 10.2. The molecule has 2 aliphatic heterocycles. The number of amides is 1. The smallest absolute Gasteiger partial charge is 0.251 e. The number of benzene rings is 1. The summed E-state index contributed by atoms with van der Waals surface area (Å²) in [5, 5.41) is 0.424. The van der Waals surface area contributed by atoms with Crippen molar-refractivity contribution in [3.63, 3.8) is 0 Å². The zero-order chi connectivity index (χ0) is 20.3. The highest BCUT2D eigenvalue weighted by Gasteiger charge is 2.33. The quantitative estimate of drug-likeness (QED) is 0.664. The van der Waals surface area contributed by atoms with Crippen LogP contribution in [0.4, 0.5) is 0 Å². The van der Waals surface area contributed by atoms with Gasteiger partial charge in [-0.2, -0.15) is 4.31 Å². The van der Waals surface area contributed by atoms with Gasteiger partial charge in [0, 0.05) is 37.8 Å². The van der Waals surface area contributed by atoms with Gasteiger partial charge < -0.3 is 14.4 Å². The van der Waals surface area contributed by atoms with Crippen molar-refractivity contribution in [2.75, 3.05) is 39.4 Å². The van der Waals surface area contributed by atoms with Crippen LogP contribution in [0.15, 0.2) is 23.1 Å². The molecule has 1 amide bonds. The second-order valence-electron chi connectivity index (χ2n) is 6.91. The maximum Gasteiger partial charge on any atom is 0.251 e. The average Bonchev–Trinajstić information content (AvgIpc) is 3.21. The fourth-order valence-corrected chi connectivity index (χ4v) is 5.48. The van der Waals surface area contributed by atoms with Gasteiger partial charge >= 0.3 is 0 Å². The second-order valence-corrected chi connectivity index (χ2v) is 9.66. The normalized spacial score (nSPS) is 22.4. The monoisotopic (exact) mass is 450 g/mol. The van der Waals surface area contributed by atoms with E-state index in [4.69, 9.17) is 32.7 Å². The highest BCUT2D eigenvalue weighted by Crippen LogP contribution is 2.28. The van der Waals surface area contributed by atoms with Crippen LogP contribution in [0.2, 0.25) is 10.0 Å². The molecule has 0 bridgehead atoms. The van der Waals surface area contributed by atoms with E-state index in [2.05, 4.69) is 0 Å². The van der Waals surface area contributed by atoms with E-state index >= 15 is 0 Å². The molecule has 1 aromatic rings. The van der Waals surface area contributed by atoms with Crippen LogP contribution >= 0.6 is 23.2 Å². The van der Waals surface area contributed by atoms with Crippen LogP contribution in [0.3, 0.4) is 0 Å². The van der Waals surface area contributed by atoms with E-state index in [0.717, 1.165) is 19.4 Å². The van der Waals surface area contributed by atoms with Crippen molar-refractivity contribution < 1.29 is 22.7 Å². The third-order valence-corrected chi connectivity index (χ3v) is 7.58. The summed E-state index contributed by atoms with van der Waals surface area (Å²) >= 11 is 12.0. The molecular formula is C18H24Cl2N2O5S. The van der Waals surface area contributed by atoms with Crippen LogP contribution in [-0.2, 0) is 24.3 Å². The van der Waals surface area contributed by atoms with Crippen molar-refractivity contribution in [1.82, 2.24) is 9.21 Å². The van der Waals surface area contributed by atoms with Crippen molar-refractivity contribution in [3.8, 4) is 0 Å². The molecule has 2 atom stereocenters. The van der Waals surface area contributed by atoms with Gasteiger partial charge in [-0.3, -0.25) is 4.79 Å². The van der Waals surface area contributed by atoms with Gasteiger partial charge in [0.2, 0.25) is 10.0 Å². The van der Waals surface area contributed by atoms with Crippen molar-refractivity contribution >= 4 is 39.1 Å². The van der Waals surface area contributed by atoms with Gasteiger partial charge in [-0.15, -0.1) is 0 Å². The zero-order valence-corrected chi connectivity index (χ0v) is 18.0. The number of halogens is 2. The summed E-state index contributed by atoms with van der Waals surface area (Å²) in [4.78, 5) is 14.2. The number of sulfonamides is 1. The van der Waals surface area contributed by atoms with Crippen molar-refractivity contribution in [1.29, 1.82) is 0 Å². The molecular weight excluding hydrogens is 427 g/mol. The SMILES string of the molecule is CC(OCC1CCCO1)C(=O)N1CCN(S(=O)(=O)c2cc(Cl)ccc2Cl)CC1. The third-order valence-electron chi connectivity index (χ3n) is 4.97. The van der Waals surface area contributed by atoms with Crippen molar-refractivity contribution in [3.05, 3.63) is 28.2 Å². The maximum absolute atomic E-state index is 12.9. The van der Waals surface area contributed by atoms with E-state index < -0.39 is 16.1 Å². The molecule has 0 aromatic heterocycles.